The molecule has 0 amide bonds. The summed E-state index contributed by atoms with van der Waals surface area (Å²) < 4.78 is 14.5. The number of hydrogen-bond donors (Lipinski definition) is 0. The Morgan fingerprint density at radius 1 is 1.19 bits per heavy atom. The summed E-state index contributed by atoms with van der Waals surface area (Å²) in [6.45, 7) is -0.00107. The number of nitrogens with zero attached hydrogens (tertiary/aromatic N) is 4. The molecule has 1 aliphatic rings. The van der Waals surface area contributed by atoms with Gasteiger partial charge in [-0.05, 0) is 34.1 Å². The van der Waals surface area contributed by atoms with Crippen molar-refractivity contribution in [3.05, 3.63) is 49.3 Å². The molecule has 0 atom stereocenters. The van der Waals surface area contributed by atoms with E-state index in [0.717, 1.165) is 4.57 Å². The molecule has 0 fully saturated rings. The number of carbonyl (C=O) groups is 1. The van der Waals surface area contributed by atoms with Crippen LogP contribution in [0.15, 0.2) is 32.5 Å². The number of Topliss-reactive ketones (excluding diaryl/α,β-unsaturated/α-hetero) is 1. The topological polar surface area (TPSA) is 97.3 Å². The van der Waals surface area contributed by atoms with Crippen LogP contribution in [-0.2, 0) is 20.6 Å². The molecular weight excluding hydrogens is 408 g/mol. The van der Waals surface area contributed by atoms with Gasteiger partial charge < -0.3 is 14.0 Å². The van der Waals surface area contributed by atoms with E-state index < -0.39 is 11.2 Å². The molecule has 0 saturated carbocycles. The molecule has 134 valence electrons. The maximum absolute atomic E-state index is 12.7. The van der Waals surface area contributed by atoms with Crippen molar-refractivity contribution in [2.24, 2.45) is 14.1 Å². The number of fused-ring (bicyclic) bond motifs is 2. The lowest BCUT2D eigenvalue weighted by Crippen LogP contribution is -2.37. The Morgan fingerprint density at radius 2 is 1.92 bits per heavy atom. The van der Waals surface area contributed by atoms with Crippen LogP contribution in [0.2, 0.25) is 0 Å². The first-order valence-electron chi connectivity index (χ1n) is 7.63. The van der Waals surface area contributed by atoms with E-state index in [4.69, 9.17) is 9.47 Å². The average molecular weight is 421 g/mol. The fourth-order valence-electron chi connectivity index (χ4n) is 2.87. The Morgan fingerprint density at radius 3 is 2.69 bits per heavy atom. The molecule has 10 heteroatoms. The standard InChI is InChI=1S/C16H13BrN4O5/c1-19-13-12(14(23)20(2)16(19)24)21(15(17)18-13)6-9(22)8-3-4-10-11(5-8)26-7-25-10/h3-5H,6-7H2,1-2H3. The fourth-order valence-corrected chi connectivity index (χ4v) is 3.34. The number of benzene rings is 1. The van der Waals surface area contributed by atoms with Crippen molar-refractivity contribution in [2.45, 2.75) is 6.54 Å². The molecule has 0 unspecified atom stereocenters. The summed E-state index contributed by atoms with van der Waals surface area (Å²) in [4.78, 5) is 41.5. The van der Waals surface area contributed by atoms with Crippen molar-refractivity contribution in [3.63, 3.8) is 0 Å². The van der Waals surface area contributed by atoms with Gasteiger partial charge in [-0.15, -0.1) is 0 Å². The highest BCUT2D eigenvalue weighted by atomic mass is 79.9. The van der Waals surface area contributed by atoms with E-state index in [1.807, 2.05) is 0 Å². The number of halogens is 1. The van der Waals surface area contributed by atoms with Crippen LogP contribution < -0.4 is 20.7 Å². The molecule has 2 aromatic heterocycles. The van der Waals surface area contributed by atoms with Gasteiger partial charge >= 0.3 is 5.69 Å². The SMILES string of the molecule is Cn1c(=O)c2c(nc(Br)n2CC(=O)c2ccc3c(c2)OCO3)n(C)c1=O. The van der Waals surface area contributed by atoms with Crippen molar-refractivity contribution in [1.29, 1.82) is 0 Å². The van der Waals surface area contributed by atoms with Gasteiger partial charge in [-0.2, -0.15) is 0 Å². The summed E-state index contributed by atoms with van der Waals surface area (Å²) in [5.41, 5.74) is -0.190. The lowest BCUT2D eigenvalue weighted by Gasteiger charge is -2.07. The van der Waals surface area contributed by atoms with Gasteiger partial charge in [0.05, 0.1) is 6.54 Å². The highest BCUT2D eigenvalue weighted by molar-refractivity contribution is 9.10. The largest absolute Gasteiger partial charge is 0.454 e. The van der Waals surface area contributed by atoms with Crippen molar-refractivity contribution < 1.29 is 14.3 Å². The Bertz CT molecular complexity index is 1190. The van der Waals surface area contributed by atoms with Gasteiger partial charge in [-0.3, -0.25) is 18.7 Å². The number of carbonyl (C=O) groups excluding carboxylic acids is 1. The number of aromatic nitrogens is 4. The van der Waals surface area contributed by atoms with Gasteiger partial charge in [0.1, 0.15) is 0 Å². The van der Waals surface area contributed by atoms with E-state index in [1.54, 1.807) is 18.2 Å². The van der Waals surface area contributed by atoms with Crippen LogP contribution in [0.1, 0.15) is 10.4 Å². The summed E-state index contributed by atoms with van der Waals surface area (Å²) in [7, 11) is 2.91. The number of aryl methyl sites for hydroxylation is 1. The van der Waals surface area contributed by atoms with Crippen molar-refractivity contribution in [3.8, 4) is 11.5 Å². The number of rotatable bonds is 3. The smallest absolute Gasteiger partial charge is 0.332 e. The zero-order valence-corrected chi connectivity index (χ0v) is 15.4. The summed E-state index contributed by atoms with van der Waals surface area (Å²) in [6.07, 6.45) is 0. The molecule has 26 heavy (non-hydrogen) atoms. The zero-order chi connectivity index (χ0) is 18.6. The lowest BCUT2D eigenvalue weighted by atomic mass is 10.1. The third-order valence-electron chi connectivity index (χ3n) is 4.30. The third kappa shape index (κ3) is 2.37. The minimum absolute atomic E-state index is 0.120. The van der Waals surface area contributed by atoms with Crippen molar-refractivity contribution in [1.82, 2.24) is 18.7 Å². The molecule has 1 aliphatic heterocycles. The second-order valence-corrected chi connectivity index (χ2v) is 6.55. The van der Waals surface area contributed by atoms with Gasteiger partial charge in [0.25, 0.3) is 5.56 Å². The first-order valence-corrected chi connectivity index (χ1v) is 8.42. The van der Waals surface area contributed by atoms with E-state index in [-0.39, 0.29) is 30.3 Å². The molecule has 0 aliphatic carbocycles. The third-order valence-corrected chi connectivity index (χ3v) is 4.90. The maximum atomic E-state index is 12.7. The van der Waals surface area contributed by atoms with E-state index in [1.165, 1.54) is 23.2 Å². The fraction of sp³-hybridized carbons (Fsp3) is 0.250. The van der Waals surface area contributed by atoms with Crippen LogP contribution >= 0.6 is 15.9 Å². The van der Waals surface area contributed by atoms with Crippen LogP contribution in [0.4, 0.5) is 0 Å². The van der Waals surface area contributed by atoms with Gasteiger partial charge in [-0.25, -0.2) is 9.78 Å². The molecule has 0 bridgehead atoms. The molecule has 9 nitrogen and oxygen atoms in total. The molecule has 0 spiro atoms. The molecule has 0 N–H and O–H groups in total. The Hall–Kier alpha value is -2.88. The second-order valence-electron chi connectivity index (χ2n) is 5.84. The van der Waals surface area contributed by atoms with Gasteiger partial charge in [-0.1, -0.05) is 0 Å². The van der Waals surface area contributed by atoms with Gasteiger partial charge in [0, 0.05) is 19.7 Å². The maximum Gasteiger partial charge on any atom is 0.332 e. The minimum Gasteiger partial charge on any atom is -0.454 e. The Balaban J connectivity index is 1.80. The molecule has 0 radical (unpaired) electrons. The Labute approximate surface area is 154 Å². The van der Waals surface area contributed by atoms with Crippen LogP contribution in [-0.4, -0.2) is 31.3 Å². The summed E-state index contributed by atoms with van der Waals surface area (Å²) in [5.74, 6) is 0.850. The van der Waals surface area contributed by atoms with Gasteiger partial charge in [0.2, 0.25) is 6.79 Å². The molecule has 4 rings (SSSR count). The van der Waals surface area contributed by atoms with Crippen molar-refractivity contribution >= 4 is 32.9 Å². The summed E-state index contributed by atoms with van der Waals surface area (Å²) in [5, 5.41) is 0. The van der Waals surface area contributed by atoms with E-state index in [2.05, 4.69) is 20.9 Å². The van der Waals surface area contributed by atoms with Gasteiger partial charge in [0.15, 0.2) is 33.2 Å². The summed E-state index contributed by atoms with van der Waals surface area (Å²) in [6, 6.07) is 4.90. The number of imidazole rings is 1. The molecular formula is C16H13BrN4O5. The molecule has 1 aromatic carbocycles. The molecule has 3 aromatic rings. The second kappa shape index (κ2) is 5.84. The normalized spacial score (nSPS) is 12.7. The highest BCUT2D eigenvalue weighted by Gasteiger charge is 2.21. The van der Waals surface area contributed by atoms with Crippen LogP contribution in [0.5, 0.6) is 11.5 Å². The zero-order valence-electron chi connectivity index (χ0n) is 13.9. The number of ether oxygens (including phenoxy) is 2. The molecule has 3 heterocycles. The van der Waals surface area contributed by atoms with E-state index in [0.29, 0.717) is 21.8 Å². The van der Waals surface area contributed by atoms with Crippen molar-refractivity contribution in [2.75, 3.05) is 6.79 Å². The van der Waals surface area contributed by atoms with E-state index >= 15 is 0 Å². The summed E-state index contributed by atoms with van der Waals surface area (Å²) >= 11 is 3.27. The molecule has 0 saturated heterocycles. The quantitative estimate of drug-likeness (QED) is 0.459. The predicted octanol–water partition coefficient (Wildman–Crippen LogP) is 0.808. The first kappa shape index (κ1) is 16.6. The monoisotopic (exact) mass is 420 g/mol. The van der Waals surface area contributed by atoms with Crippen LogP contribution in [0.25, 0.3) is 11.2 Å². The lowest BCUT2D eigenvalue weighted by molar-refractivity contribution is 0.0972. The van der Waals surface area contributed by atoms with Crippen LogP contribution in [0, 0.1) is 0 Å². The first-order chi connectivity index (χ1) is 12.4. The average Bonchev–Trinajstić information content (AvgIpc) is 3.22. The number of ketones is 1. The van der Waals surface area contributed by atoms with E-state index in [9.17, 15) is 14.4 Å². The minimum atomic E-state index is -0.514. The Kier molecular flexibility index (Phi) is 3.72. The van der Waals surface area contributed by atoms with Crippen LogP contribution in [0.3, 0.4) is 0 Å². The highest BCUT2D eigenvalue weighted by Crippen LogP contribution is 2.32. The number of hydrogen-bond acceptors (Lipinski definition) is 6. The predicted molar refractivity (Wildman–Crippen MR) is 94.8 cm³/mol.